The molecule has 0 saturated carbocycles. The molecule has 146 valence electrons. The van der Waals surface area contributed by atoms with Gasteiger partial charge < -0.3 is 19.6 Å². The van der Waals surface area contributed by atoms with Gasteiger partial charge in [0.1, 0.15) is 13.7 Å². The van der Waals surface area contributed by atoms with E-state index in [0.29, 0.717) is 18.5 Å². The third kappa shape index (κ3) is 4.75. The molecule has 0 radical (unpaired) electrons. The monoisotopic (exact) mass is 382 g/mol. The molecule has 1 amide bonds. The van der Waals surface area contributed by atoms with E-state index in [1.54, 1.807) is 17.0 Å². The summed E-state index contributed by atoms with van der Waals surface area (Å²) in [4.78, 5) is 30.2. The number of carboxylic acids is 1. The SMILES string of the molecule is CO/N=C1/C[C@@H](COCC(=O)O)N(C(=O)c2ccc(-c3ccccc3)cc2)C1. The van der Waals surface area contributed by atoms with Gasteiger partial charge in [0.15, 0.2) is 0 Å². The molecule has 0 spiro atoms. The average molecular weight is 382 g/mol. The Bertz CT molecular complexity index is 849. The topological polar surface area (TPSA) is 88.4 Å². The zero-order valence-electron chi connectivity index (χ0n) is 15.6. The minimum atomic E-state index is -1.04. The van der Waals surface area contributed by atoms with Crippen LogP contribution in [0.4, 0.5) is 0 Å². The van der Waals surface area contributed by atoms with Crippen LogP contribution >= 0.6 is 0 Å². The molecule has 1 atom stereocenters. The van der Waals surface area contributed by atoms with Crippen molar-refractivity contribution in [3.8, 4) is 11.1 Å². The second-order valence-electron chi connectivity index (χ2n) is 6.48. The summed E-state index contributed by atoms with van der Waals surface area (Å²) in [5.41, 5.74) is 3.39. The van der Waals surface area contributed by atoms with E-state index in [1.807, 2.05) is 42.5 Å². The van der Waals surface area contributed by atoms with Crippen molar-refractivity contribution in [1.82, 2.24) is 4.90 Å². The number of aliphatic carboxylic acids is 1. The van der Waals surface area contributed by atoms with E-state index in [4.69, 9.17) is 14.7 Å². The van der Waals surface area contributed by atoms with Gasteiger partial charge in [-0.15, -0.1) is 0 Å². The molecule has 0 unspecified atom stereocenters. The zero-order valence-corrected chi connectivity index (χ0v) is 15.6. The van der Waals surface area contributed by atoms with Crippen molar-refractivity contribution in [1.29, 1.82) is 0 Å². The van der Waals surface area contributed by atoms with E-state index in [2.05, 4.69) is 5.16 Å². The lowest BCUT2D eigenvalue weighted by Gasteiger charge is -2.24. The van der Waals surface area contributed by atoms with Crippen molar-refractivity contribution >= 4 is 17.6 Å². The molecule has 2 aromatic carbocycles. The molecule has 1 saturated heterocycles. The molecule has 7 heteroatoms. The first-order chi connectivity index (χ1) is 13.6. The zero-order chi connectivity index (χ0) is 19.9. The molecular formula is C21H22N2O5. The normalized spacial score (nSPS) is 17.7. The number of carbonyl (C=O) groups excluding carboxylic acids is 1. The van der Waals surface area contributed by atoms with Crippen LogP contribution in [0.2, 0.25) is 0 Å². The van der Waals surface area contributed by atoms with Crippen LogP contribution in [0.5, 0.6) is 0 Å². The predicted molar refractivity (Wildman–Crippen MR) is 104 cm³/mol. The quantitative estimate of drug-likeness (QED) is 0.744. The Labute approximate surface area is 163 Å². The second-order valence-corrected chi connectivity index (χ2v) is 6.48. The van der Waals surface area contributed by atoms with E-state index in [1.165, 1.54) is 7.11 Å². The summed E-state index contributed by atoms with van der Waals surface area (Å²) < 4.78 is 5.21. The number of amides is 1. The highest BCUT2D eigenvalue weighted by molar-refractivity contribution is 6.00. The number of nitrogens with zero attached hydrogens (tertiary/aromatic N) is 2. The van der Waals surface area contributed by atoms with Crippen LogP contribution in [-0.2, 0) is 14.4 Å². The van der Waals surface area contributed by atoms with Crippen molar-refractivity contribution in [2.75, 3.05) is 26.9 Å². The van der Waals surface area contributed by atoms with Crippen LogP contribution < -0.4 is 0 Å². The lowest BCUT2D eigenvalue weighted by atomic mass is 10.0. The summed E-state index contributed by atoms with van der Waals surface area (Å²) >= 11 is 0. The van der Waals surface area contributed by atoms with E-state index in [-0.39, 0.29) is 18.6 Å². The Morgan fingerprint density at radius 2 is 1.79 bits per heavy atom. The summed E-state index contributed by atoms with van der Waals surface area (Å²) in [6.07, 6.45) is 0.487. The minimum absolute atomic E-state index is 0.128. The van der Waals surface area contributed by atoms with E-state index in [0.717, 1.165) is 16.8 Å². The highest BCUT2D eigenvalue weighted by Crippen LogP contribution is 2.23. The Balaban J connectivity index is 1.74. The van der Waals surface area contributed by atoms with Gasteiger partial charge in [-0.2, -0.15) is 0 Å². The van der Waals surface area contributed by atoms with Crippen LogP contribution in [0, 0.1) is 0 Å². The van der Waals surface area contributed by atoms with Gasteiger partial charge in [-0.3, -0.25) is 4.79 Å². The van der Waals surface area contributed by atoms with Crippen LogP contribution in [0.15, 0.2) is 59.8 Å². The summed E-state index contributed by atoms with van der Waals surface area (Å²) in [7, 11) is 1.45. The number of oxime groups is 1. The number of ether oxygens (including phenoxy) is 1. The fourth-order valence-electron chi connectivity index (χ4n) is 3.24. The molecule has 2 aromatic rings. The van der Waals surface area contributed by atoms with Gasteiger partial charge in [0, 0.05) is 12.0 Å². The first kappa shape index (κ1) is 19.6. The van der Waals surface area contributed by atoms with Gasteiger partial charge in [0.25, 0.3) is 5.91 Å². The Morgan fingerprint density at radius 3 is 2.43 bits per heavy atom. The molecule has 7 nitrogen and oxygen atoms in total. The third-order valence-corrected chi connectivity index (χ3v) is 4.52. The van der Waals surface area contributed by atoms with Gasteiger partial charge in [0.2, 0.25) is 0 Å². The number of carbonyl (C=O) groups is 2. The molecule has 3 rings (SSSR count). The van der Waals surface area contributed by atoms with Crippen LogP contribution in [0.3, 0.4) is 0 Å². The van der Waals surface area contributed by atoms with E-state index >= 15 is 0 Å². The highest BCUT2D eigenvalue weighted by Gasteiger charge is 2.34. The number of rotatable bonds is 7. The highest BCUT2D eigenvalue weighted by atomic mass is 16.6. The fraction of sp³-hybridized carbons (Fsp3) is 0.286. The van der Waals surface area contributed by atoms with Gasteiger partial charge in [-0.05, 0) is 23.3 Å². The number of carboxylic acid groups (broad SMARTS) is 1. The maximum absolute atomic E-state index is 13.0. The van der Waals surface area contributed by atoms with Gasteiger partial charge in [-0.25, -0.2) is 4.79 Å². The van der Waals surface area contributed by atoms with E-state index < -0.39 is 12.6 Å². The number of likely N-dealkylation sites (tertiary alicyclic amines) is 1. The largest absolute Gasteiger partial charge is 0.480 e. The smallest absolute Gasteiger partial charge is 0.329 e. The van der Waals surface area contributed by atoms with Gasteiger partial charge in [-0.1, -0.05) is 47.6 Å². The van der Waals surface area contributed by atoms with Crippen LogP contribution in [0.1, 0.15) is 16.8 Å². The predicted octanol–water partition coefficient (Wildman–Crippen LogP) is 2.67. The van der Waals surface area contributed by atoms with Crippen molar-refractivity contribution < 1.29 is 24.3 Å². The molecule has 0 aromatic heterocycles. The lowest BCUT2D eigenvalue weighted by Crippen LogP contribution is -2.38. The summed E-state index contributed by atoms with van der Waals surface area (Å²) in [5, 5.41) is 12.7. The van der Waals surface area contributed by atoms with Crippen LogP contribution in [0.25, 0.3) is 11.1 Å². The Kier molecular flexibility index (Phi) is 6.39. The second kappa shape index (κ2) is 9.14. The Morgan fingerprint density at radius 1 is 1.11 bits per heavy atom. The molecule has 28 heavy (non-hydrogen) atoms. The van der Waals surface area contributed by atoms with Crippen molar-refractivity contribution in [3.05, 3.63) is 60.2 Å². The standard InChI is InChI=1S/C21H22N2O5/c1-27-22-18-11-19(13-28-14-20(24)25)23(12-18)21(26)17-9-7-16(8-10-17)15-5-3-2-4-6-15/h2-10,19H,11-14H2,1H3,(H,24,25)/b22-18-/t19-/m0/s1. The fourth-order valence-corrected chi connectivity index (χ4v) is 3.24. The molecule has 0 bridgehead atoms. The first-order valence-corrected chi connectivity index (χ1v) is 8.93. The molecule has 0 aliphatic carbocycles. The molecule has 1 aliphatic heterocycles. The number of benzene rings is 2. The summed E-state index contributed by atoms with van der Waals surface area (Å²) in [6, 6.07) is 17.1. The first-order valence-electron chi connectivity index (χ1n) is 8.93. The number of hydrogen-bond acceptors (Lipinski definition) is 5. The minimum Gasteiger partial charge on any atom is -0.480 e. The molecule has 1 fully saturated rings. The van der Waals surface area contributed by atoms with Crippen molar-refractivity contribution in [2.24, 2.45) is 5.16 Å². The van der Waals surface area contributed by atoms with Crippen molar-refractivity contribution in [2.45, 2.75) is 12.5 Å². The lowest BCUT2D eigenvalue weighted by molar-refractivity contribution is -0.142. The summed E-state index contributed by atoms with van der Waals surface area (Å²) in [6.45, 7) is 0.0537. The maximum atomic E-state index is 13.0. The van der Waals surface area contributed by atoms with Gasteiger partial charge in [0.05, 0.1) is 24.9 Å². The Hall–Kier alpha value is -3.19. The van der Waals surface area contributed by atoms with Crippen molar-refractivity contribution in [3.63, 3.8) is 0 Å². The third-order valence-electron chi connectivity index (χ3n) is 4.52. The maximum Gasteiger partial charge on any atom is 0.329 e. The van der Waals surface area contributed by atoms with Gasteiger partial charge >= 0.3 is 5.97 Å². The molecule has 1 heterocycles. The molecular weight excluding hydrogens is 360 g/mol. The van der Waals surface area contributed by atoms with E-state index in [9.17, 15) is 9.59 Å². The summed E-state index contributed by atoms with van der Waals surface area (Å²) in [5.74, 6) is -1.19. The molecule has 1 N–H and O–H groups in total. The number of hydrogen-bond donors (Lipinski definition) is 1. The average Bonchev–Trinajstić information content (AvgIpc) is 3.11. The van der Waals surface area contributed by atoms with Crippen LogP contribution in [-0.4, -0.2) is 60.5 Å². The molecule has 1 aliphatic rings.